The highest BCUT2D eigenvalue weighted by Gasteiger charge is 2.30. The van der Waals surface area contributed by atoms with Crippen molar-refractivity contribution in [2.45, 2.75) is 59.9 Å². The maximum absolute atomic E-state index is 12.7. The van der Waals surface area contributed by atoms with Gasteiger partial charge in [0.15, 0.2) is 0 Å². The highest BCUT2D eigenvalue weighted by Crippen LogP contribution is 2.29. The summed E-state index contributed by atoms with van der Waals surface area (Å²) in [6.07, 6.45) is 2.88. The Morgan fingerprint density at radius 2 is 1.65 bits per heavy atom. The predicted octanol–water partition coefficient (Wildman–Crippen LogP) is 6.12. The summed E-state index contributed by atoms with van der Waals surface area (Å²) in [6.45, 7) is 12.7. The van der Waals surface area contributed by atoms with Gasteiger partial charge in [0.1, 0.15) is 5.75 Å². The van der Waals surface area contributed by atoms with Crippen molar-refractivity contribution in [1.29, 1.82) is 0 Å². The summed E-state index contributed by atoms with van der Waals surface area (Å²) >= 11 is 0. The van der Waals surface area contributed by atoms with E-state index in [1.165, 1.54) is 11.3 Å². The minimum absolute atomic E-state index is 0.0374. The lowest BCUT2D eigenvalue weighted by molar-refractivity contribution is 0.177. The first-order chi connectivity index (χ1) is 15.2. The second kappa shape index (κ2) is 12.2. The largest absolute Gasteiger partial charge is 0.496 e. The molecule has 5 heteroatoms. The van der Waals surface area contributed by atoms with E-state index in [0.717, 1.165) is 55.9 Å². The maximum atomic E-state index is 12.7. The molecule has 1 N–H and O–H groups in total. The zero-order valence-corrected chi connectivity index (χ0v) is 20.1. The van der Waals surface area contributed by atoms with E-state index in [4.69, 9.17) is 4.74 Å². The van der Waals surface area contributed by atoms with E-state index in [2.05, 4.69) is 41.4 Å². The molecule has 0 aliphatic carbocycles. The van der Waals surface area contributed by atoms with E-state index in [9.17, 15) is 4.79 Å². The molecule has 31 heavy (non-hydrogen) atoms. The van der Waals surface area contributed by atoms with Gasteiger partial charge in [-0.3, -0.25) is 0 Å². The Bertz CT molecular complexity index is 829. The summed E-state index contributed by atoms with van der Waals surface area (Å²) in [5, 5.41) is 3.09. The van der Waals surface area contributed by atoms with Crippen LogP contribution in [0, 0.1) is 6.92 Å². The Morgan fingerprint density at radius 1 is 0.968 bits per heavy atom. The third-order valence-electron chi connectivity index (χ3n) is 5.80. The van der Waals surface area contributed by atoms with E-state index in [1.54, 1.807) is 7.11 Å². The third-order valence-corrected chi connectivity index (χ3v) is 5.80. The highest BCUT2D eigenvalue weighted by molar-refractivity contribution is 5.91. The third kappa shape index (κ3) is 5.93. The van der Waals surface area contributed by atoms with Crippen molar-refractivity contribution in [3.63, 3.8) is 0 Å². The second-order valence-electron chi connectivity index (χ2n) is 7.40. The van der Waals surface area contributed by atoms with Gasteiger partial charge in [-0.05, 0) is 49.4 Å². The van der Waals surface area contributed by atoms with Crippen molar-refractivity contribution < 1.29 is 9.53 Å². The fourth-order valence-electron chi connectivity index (χ4n) is 4.18. The van der Waals surface area contributed by atoms with Gasteiger partial charge in [-0.2, -0.15) is 0 Å². The molecule has 0 aromatic heterocycles. The topological polar surface area (TPSA) is 44.8 Å². The Kier molecular flexibility index (Phi) is 9.70. The normalized spacial score (nSPS) is 16.0. The van der Waals surface area contributed by atoms with Crippen LogP contribution < -0.4 is 15.0 Å². The van der Waals surface area contributed by atoms with E-state index in [1.807, 2.05) is 50.8 Å². The average molecular weight is 426 g/mol. The van der Waals surface area contributed by atoms with Crippen molar-refractivity contribution in [1.82, 2.24) is 4.90 Å². The standard InChI is InChI=1S/C22H27N3O2.2C2H6/c1-16-7-8-19(15-21(16)27-2)24-12-10-18(11-13-24)25-14-9-17-5-3-4-6-20(17)23-22(25)26;2*1-2/h3-8,15,18H,9-14H2,1-2H3,(H,23,26);2*1-2H3. The molecule has 170 valence electrons. The number of nitrogens with one attached hydrogen (secondary N) is 1. The number of para-hydroxylation sites is 1. The van der Waals surface area contributed by atoms with Crippen LogP contribution in [0.2, 0.25) is 0 Å². The van der Waals surface area contributed by atoms with Gasteiger partial charge < -0.3 is 19.9 Å². The minimum Gasteiger partial charge on any atom is -0.496 e. The fourth-order valence-corrected chi connectivity index (χ4v) is 4.18. The summed E-state index contributed by atoms with van der Waals surface area (Å²) < 4.78 is 5.46. The molecule has 1 fully saturated rings. The highest BCUT2D eigenvalue weighted by atomic mass is 16.5. The molecule has 0 bridgehead atoms. The van der Waals surface area contributed by atoms with Crippen LogP contribution in [0.3, 0.4) is 0 Å². The van der Waals surface area contributed by atoms with Crippen molar-refractivity contribution in [2.75, 3.05) is 37.0 Å². The number of benzene rings is 2. The SMILES string of the molecule is CC.CC.COc1cc(N2CCC(N3CCc4ccccc4NC3=O)CC2)ccc1C. The van der Waals surface area contributed by atoms with Crippen molar-refractivity contribution in [2.24, 2.45) is 0 Å². The summed E-state index contributed by atoms with van der Waals surface area (Å²) in [6, 6.07) is 14.8. The van der Waals surface area contributed by atoms with Gasteiger partial charge in [0.25, 0.3) is 0 Å². The molecule has 0 spiro atoms. The van der Waals surface area contributed by atoms with Gasteiger partial charge >= 0.3 is 6.03 Å². The van der Waals surface area contributed by atoms with Crippen LogP contribution >= 0.6 is 0 Å². The Morgan fingerprint density at radius 3 is 2.32 bits per heavy atom. The molecule has 5 nitrogen and oxygen atoms in total. The number of anilines is 2. The number of nitrogens with zero attached hydrogens (tertiary/aromatic N) is 2. The number of amides is 2. The quantitative estimate of drug-likeness (QED) is 0.645. The summed E-state index contributed by atoms with van der Waals surface area (Å²) in [5.41, 5.74) is 4.52. The first kappa shape index (κ1) is 24.6. The first-order valence-electron chi connectivity index (χ1n) is 11.7. The number of carbonyl (C=O) groups is 1. The molecule has 4 rings (SSSR count). The Labute approximate surface area is 188 Å². The van der Waals surface area contributed by atoms with Crippen LogP contribution in [0.1, 0.15) is 51.7 Å². The van der Waals surface area contributed by atoms with Crippen molar-refractivity contribution in [3.05, 3.63) is 53.6 Å². The summed E-state index contributed by atoms with van der Waals surface area (Å²) in [5.74, 6) is 0.930. The molecular formula is C26H39N3O2. The number of fused-ring (bicyclic) bond motifs is 1. The van der Waals surface area contributed by atoms with Crippen LogP contribution in [0.25, 0.3) is 0 Å². The van der Waals surface area contributed by atoms with Gasteiger partial charge in [-0.15, -0.1) is 0 Å². The first-order valence-corrected chi connectivity index (χ1v) is 11.7. The van der Waals surface area contributed by atoms with Crippen LogP contribution in [0.5, 0.6) is 5.75 Å². The van der Waals surface area contributed by atoms with Gasteiger partial charge in [-0.1, -0.05) is 52.0 Å². The van der Waals surface area contributed by atoms with Crippen LogP contribution in [0.4, 0.5) is 16.2 Å². The molecule has 0 unspecified atom stereocenters. The number of methoxy groups -OCH3 is 1. The number of rotatable bonds is 3. The number of aryl methyl sites for hydroxylation is 1. The molecular weight excluding hydrogens is 386 g/mol. The molecule has 2 aromatic carbocycles. The molecule has 0 radical (unpaired) electrons. The lowest BCUT2D eigenvalue weighted by Crippen LogP contribution is -2.48. The average Bonchev–Trinajstić information content (AvgIpc) is 3.00. The lowest BCUT2D eigenvalue weighted by Gasteiger charge is -2.39. The zero-order chi connectivity index (χ0) is 22.8. The van der Waals surface area contributed by atoms with Gasteiger partial charge in [-0.25, -0.2) is 4.79 Å². The van der Waals surface area contributed by atoms with Crippen LogP contribution in [-0.2, 0) is 6.42 Å². The molecule has 2 aliphatic heterocycles. The Hall–Kier alpha value is -2.69. The summed E-state index contributed by atoms with van der Waals surface area (Å²) in [7, 11) is 1.72. The fraction of sp³-hybridized carbons (Fsp3) is 0.500. The molecule has 2 amide bonds. The lowest BCUT2D eigenvalue weighted by atomic mass is 10.0. The van der Waals surface area contributed by atoms with Crippen molar-refractivity contribution >= 4 is 17.4 Å². The van der Waals surface area contributed by atoms with Gasteiger partial charge in [0.05, 0.1) is 7.11 Å². The minimum atomic E-state index is 0.0374. The maximum Gasteiger partial charge on any atom is 0.322 e. The predicted molar refractivity (Wildman–Crippen MR) is 132 cm³/mol. The molecule has 2 heterocycles. The molecule has 0 atom stereocenters. The monoisotopic (exact) mass is 425 g/mol. The van der Waals surface area contributed by atoms with E-state index >= 15 is 0 Å². The second-order valence-corrected chi connectivity index (χ2v) is 7.40. The number of urea groups is 1. The van der Waals surface area contributed by atoms with Crippen LogP contribution in [-0.4, -0.2) is 43.7 Å². The van der Waals surface area contributed by atoms with E-state index < -0.39 is 0 Å². The number of carbonyl (C=O) groups excluding carboxylic acids is 1. The Balaban J connectivity index is 0.000000807. The molecule has 2 aromatic rings. The van der Waals surface area contributed by atoms with Gasteiger partial charge in [0, 0.05) is 43.1 Å². The number of hydrogen-bond acceptors (Lipinski definition) is 3. The van der Waals surface area contributed by atoms with E-state index in [-0.39, 0.29) is 6.03 Å². The molecule has 1 saturated heterocycles. The van der Waals surface area contributed by atoms with Gasteiger partial charge in [0.2, 0.25) is 0 Å². The molecule has 2 aliphatic rings. The van der Waals surface area contributed by atoms with Crippen LogP contribution in [0.15, 0.2) is 42.5 Å². The van der Waals surface area contributed by atoms with Crippen molar-refractivity contribution in [3.8, 4) is 5.75 Å². The zero-order valence-electron chi connectivity index (χ0n) is 20.1. The summed E-state index contributed by atoms with van der Waals surface area (Å²) in [4.78, 5) is 17.2. The molecule has 0 saturated carbocycles. The number of ether oxygens (including phenoxy) is 1. The number of piperidine rings is 1. The smallest absolute Gasteiger partial charge is 0.322 e. The number of hydrogen-bond donors (Lipinski definition) is 1. The van der Waals surface area contributed by atoms with E-state index in [0.29, 0.717) is 6.04 Å².